The maximum absolute atomic E-state index is 11.4. The van der Waals surface area contributed by atoms with Crippen molar-refractivity contribution in [3.05, 3.63) is 22.7 Å². The fourth-order valence-corrected chi connectivity index (χ4v) is 2.24. The molecule has 0 bridgehead atoms. The lowest BCUT2D eigenvalue weighted by Gasteiger charge is -2.12. The summed E-state index contributed by atoms with van der Waals surface area (Å²) in [4.78, 5) is 25.6. The van der Waals surface area contributed by atoms with E-state index in [1.54, 1.807) is 0 Å². The van der Waals surface area contributed by atoms with Crippen LogP contribution < -0.4 is 11.4 Å². The van der Waals surface area contributed by atoms with Crippen LogP contribution in [0.1, 0.15) is 6.23 Å². The first kappa shape index (κ1) is 11.0. The molecule has 0 amide bonds. The Morgan fingerprint density at radius 2 is 2.50 bits per heavy atom. The van der Waals surface area contributed by atoms with Crippen molar-refractivity contribution in [2.45, 2.75) is 11.7 Å². The standard InChI is InChI=1S/C8H9N3O4S/c9-4-1-2-11(8(14)10-4)5-3-16-7(15-5)6(12)13/h1-2,5,7H,3H2,(H,12,13)(H2,9,10,14)/t5?,7-/m1/s1. The fourth-order valence-electron chi connectivity index (χ4n) is 1.31. The van der Waals surface area contributed by atoms with E-state index in [2.05, 4.69) is 4.98 Å². The predicted octanol–water partition coefficient (Wildman–Crippen LogP) is -0.502. The Balaban J connectivity index is 2.21. The maximum atomic E-state index is 11.4. The molecule has 8 heteroatoms. The van der Waals surface area contributed by atoms with Gasteiger partial charge in [-0.3, -0.25) is 4.57 Å². The van der Waals surface area contributed by atoms with Crippen LogP contribution in [0.3, 0.4) is 0 Å². The molecule has 1 saturated heterocycles. The van der Waals surface area contributed by atoms with Gasteiger partial charge in [0.15, 0.2) is 0 Å². The molecule has 1 aliphatic heterocycles. The molecule has 0 saturated carbocycles. The van der Waals surface area contributed by atoms with E-state index in [1.165, 1.54) is 16.8 Å². The summed E-state index contributed by atoms with van der Waals surface area (Å²) in [6.07, 6.45) is 0.840. The van der Waals surface area contributed by atoms with E-state index >= 15 is 0 Å². The van der Waals surface area contributed by atoms with Crippen molar-refractivity contribution in [1.82, 2.24) is 9.55 Å². The van der Waals surface area contributed by atoms with Crippen molar-refractivity contribution in [3.63, 3.8) is 0 Å². The molecule has 2 atom stereocenters. The SMILES string of the molecule is Nc1ccn(C2CS[C@H](C(=O)O)O2)c(=O)n1. The van der Waals surface area contributed by atoms with Crippen molar-refractivity contribution >= 4 is 23.5 Å². The van der Waals surface area contributed by atoms with Gasteiger partial charge < -0.3 is 15.6 Å². The van der Waals surface area contributed by atoms with Crippen LogP contribution in [0.4, 0.5) is 5.82 Å². The highest BCUT2D eigenvalue weighted by Crippen LogP contribution is 2.30. The molecule has 0 aromatic carbocycles. The van der Waals surface area contributed by atoms with Gasteiger partial charge in [0.25, 0.3) is 0 Å². The lowest BCUT2D eigenvalue weighted by molar-refractivity contribution is -0.147. The largest absolute Gasteiger partial charge is 0.479 e. The highest BCUT2D eigenvalue weighted by atomic mass is 32.2. The summed E-state index contributed by atoms with van der Waals surface area (Å²) in [5.74, 6) is -0.534. The van der Waals surface area contributed by atoms with Gasteiger partial charge in [0.05, 0.1) is 0 Å². The van der Waals surface area contributed by atoms with Gasteiger partial charge in [-0.1, -0.05) is 0 Å². The topological polar surface area (TPSA) is 107 Å². The van der Waals surface area contributed by atoms with E-state index in [0.717, 1.165) is 11.8 Å². The lowest BCUT2D eigenvalue weighted by Crippen LogP contribution is -2.29. The Morgan fingerprint density at radius 3 is 3.06 bits per heavy atom. The molecule has 86 valence electrons. The number of nitrogens with zero attached hydrogens (tertiary/aromatic N) is 2. The Hall–Kier alpha value is -1.54. The first-order valence-corrected chi connectivity index (χ1v) is 5.47. The first-order chi connectivity index (χ1) is 7.58. The second kappa shape index (κ2) is 4.14. The van der Waals surface area contributed by atoms with Crippen molar-refractivity contribution in [3.8, 4) is 0 Å². The van der Waals surface area contributed by atoms with Crippen LogP contribution in [0.15, 0.2) is 17.1 Å². The summed E-state index contributed by atoms with van der Waals surface area (Å²) >= 11 is 1.13. The number of aliphatic carboxylic acids is 1. The number of carboxylic acid groups (broad SMARTS) is 1. The van der Waals surface area contributed by atoms with E-state index in [0.29, 0.717) is 5.75 Å². The third kappa shape index (κ3) is 2.02. The molecule has 7 nitrogen and oxygen atoms in total. The number of carbonyl (C=O) groups is 1. The van der Waals surface area contributed by atoms with Crippen LogP contribution in [0.2, 0.25) is 0 Å². The maximum Gasteiger partial charge on any atom is 0.351 e. The quantitative estimate of drug-likeness (QED) is 0.720. The zero-order valence-electron chi connectivity index (χ0n) is 8.07. The number of nitrogen functional groups attached to an aromatic ring is 1. The summed E-state index contributed by atoms with van der Waals surface area (Å²) in [6.45, 7) is 0. The van der Waals surface area contributed by atoms with E-state index < -0.39 is 23.3 Å². The Labute approximate surface area is 94.2 Å². The van der Waals surface area contributed by atoms with Crippen LogP contribution in [0.25, 0.3) is 0 Å². The average molecular weight is 243 g/mol. The highest BCUT2D eigenvalue weighted by molar-refractivity contribution is 8.00. The molecular formula is C8H9N3O4S. The Bertz CT molecular complexity index is 475. The number of thioether (sulfide) groups is 1. The Morgan fingerprint density at radius 1 is 1.75 bits per heavy atom. The summed E-state index contributed by atoms with van der Waals surface area (Å²) in [6, 6.07) is 1.46. The van der Waals surface area contributed by atoms with Gasteiger partial charge in [0.1, 0.15) is 12.0 Å². The zero-order valence-corrected chi connectivity index (χ0v) is 8.88. The van der Waals surface area contributed by atoms with E-state index in [9.17, 15) is 9.59 Å². The molecule has 0 aliphatic carbocycles. The smallest absolute Gasteiger partial charge is 0.351 e. The molecule has 1 unspecified atom stereocenters. The van der Waals surface area contributed by atoms with Gasteiger partial charge in [-0.25, -0.2) is 9.59 Å². The average Bonchev–Trinajstić information content (AvgIpc) is 2.66. The molecule has 1 fully saturated rings. The second-order valence-corrected chi connectivity index (χ2v) is 4.23. The molecule has 3 N–H and O–H groups in total. The minimum Gasteiger partial charge on any atom is -0.479 e. The Kier molecular flexibility index (Phi) is 2.84. The first-order valence-electron chi connectivity index (χ1n) is 4.42. The van der Waals surface area contributed by atoms with Crippen molar-refractivity contribution in [2.24, 2.45) is 0 Å². The number of ether oxygens (including phenoxy) is 1. The third-order valence-electron chi connectivity index (χ3n) is 2.03. The van der Waals surface area contributed by atoms with Crippen LogP contribution in [-0.4, -0.2) is 31.8 Å². The molecule has 1 aliphatic rings. The summed E-state index contributed by atoms with van der Waals surface area (Å²) in [5.41, 5.74) is 3.86. The fraction of sp³-hybridized carbons (Fsp3) is 0.375. The van der Waals surface area contributed by atoms with Crippen molar-refractivity contribution in [1.29, 1.82) is 0 Å². The number of nitrogens with two attached hydrogens (primary N) is 1. The van der Waals surface area contributed by atoms with Gasteiger partial charge >= 0.3 is 11.7 Å². The molecule has 1 aromatic heterocycles. The minimum absolute atomic E-state index is 0.127. The van der Waals surface area contributed by atoms with Crippen molar-refractivity contribution < 1.29 is 14.6 Å². The molecular weight excluding hydrogens is 234 g/mol. The molecule has 2 heterocycles. The molecule has 1 aromatic rings. The van der Waals surface area contributed by atoms with Gasteiger partial charge in [-0.05, 0) is 6.07 Å². The molecule has 0 spiro atoms. The van der Waals surface area contributed by atoms with Gasteiger partial charge in [0.2, 0.25) is 5.44 Å². The molecule has 16 heavy (non-hydrogen) atoms. The van der Waals surface area contributed by atoms with Crippen LogP contribution in [0, 0.1) is 0 Å². The zero-order chi connectivity index (χ0) is 11.7. The third-order valence-corrected chi connectivity index (χ3v) is 3.13. The van der Waals surface area contributed by atoms with Crippen molar-refractivity contribution in [2.75, 3.05) is 11.5 Å². The lowest BCUT2D eigenvalue weighted by atomic mass is 10.5. The molecule has 0 radical (unpaired) electrons. The number of hydrogen-bond donors (Lipinski definition) is 2. The van der Waals surface area contributed by atoms with Gasteiger partial charge in [-0.2, -0.15) is 4.98 Å². The monoisotopic (exact) mass is 243 g/mol. The number of carboxylic acids is 1. The predicted molar refractivity (Wildman–Crippen MR) is 56.9 cm³/mol. The van der Waals surface area contributed by atoms with Crippen LogP contribution >= 0.6 is 11.8 Å². The number of aromatic nitrogens is 2. The van der Waals surface area contributed by atoms with Gasteiger partial charge in [-0.15, -0.1) is 11.8 Å². The summed E-state index contributed by atoms with van der Waals surface area (Å²) < 4.78 is 6.40. The highest BCUT2D eigenvalue weighted by Gasteiger charge is 2.32. The summed E-state index contributed by atoms with van der Waals surface area (Å²) in [7, 11) is 0. The van der Waals surface area contributed by atoms with Crippen LogP contribution in [-0.2, 0) is 9.53 Å². The van der Waals surface area contributed by atoms with E-state index in [-0.39, 0.29) is 5.82 Å². The second-order valence-electron chi connectivity index (χ2n) is 3.14. The number of hydrogen-bond acceptors (Lipinski definition) is 6. The normalized spacial score (nSPS) is 24.5. The van der Waals surface area contributed by atoms with Crippen LogP contribution in [0.5, 0.6) is 0 Å². The number of anilines is 1. The minimum atomic E-state index is -1.05. The molecule has 2 rings (SSSR count). The number of rotatable bonds is 2. The van der Waals surface area contributed by atoms with E-state index in [1.807, 2.05) is 0 Å². The van der Waals surface area contributed by atoms with Gasteiger partial charge in [0, 0.05) is 11.9 Å². The van der Waals surface area contributed by atoms with E-state index in [4.69, 9.17) is 15.6 Å². The summed E-state index contributed by atoms with van der Waals surface area (Å²) in [5, 5.41) is 8.72.